The van der Waals surface area contributed by atoms with Crippen LogP contribution in [0, 0.1) is 5.82 Å². The molecule has 1 saturated heterocycles. The van der Waals surface area contributed by atoms with E-state index in [-0.39, 0.29) is 23.8 Å². The number of carbonyl (C=O) groups is 1. The van der Waals surface area contributed by atoms with Crippen LogP contribution >= 0.6 is 11.6 Å². The number of halogens is 2. The molecule has 154 valence electrons. The molecule has 1 fully saturated rings. The van der Waals surface area contributed by atoms with Crippen molar-refractivity contribution in [2.75, 3.05) is 38.3 Å². The first-order valence-corrected chi connectivity index (χ1v) is 10.2. The first kappa shape index (κ1) is 19.9. The van der Waals surface area contributed by atoms with Crippen molar-refractivity contribution >= 4 is 23.2 Å². The topological polar surface area (TPSA) is 56.4 Å². The predicted molar refractivity (Wildman–Crippen MR) is 107 cm³/mol. The molecule has 2 aliphatic rings. The van der Waals surface area contributed by atoms with Crippen molar-refractivity contribution in [3.8, 4) is 11.5 Å². The fourth-order valence-electron chi connectivity index (χ4n) is 3.88. The number of amides is 1. The van der Waals surface area contributed by atoms with Gasteiger partial charge in [-0.1, -0.05) is 11.6 Å². The number of ether oxygens (including phenoxy) is 2. The van der Waals surface area contributed by atoms with Gasteiger partial charge in [0.05, 0.1) is 5.02 Å². The van der Waals surface area contributed by atoms with E-state index >= 15 is 0 Å². The molecule has 2 aromatic rings. The summed E-state index contributed by atoms with van der Waals surface area (Å²) in [4.78, 5) is 15.3. The SMILES string of the molecule is C[C@@H](C(=O)Nc1ccc(F)c(Cl)c1)[NH+]1CC[NH+](Cc2ccc3c(c2)OCO3)CC1. The van der Waals surface area contributed by atoms with E-state index in [1.165, 1.54) is 33.6 Å². The monoisotopic (exact) mass is 421 g/mol. The molecule has 1 atom stereocenters. The molecule has 2 aromatic carbocycles. The van der Waals surface area contributed by atoms with E-state index < -0.39 is 5.82 Å². The summed E-state index contributed by atoms with van der Waals surface area (Å²) in [5.41, 5.74) is 1.74. The molecule has 0 saturated carbocycles. The third-order valence-corrected chi connectivity index (χ3v) is 5.97. The molecule has 8 heteroatoms. The number of rotatable bonds is 5. The Balaban J connectivity index is 1.28. The number of hydrogen-bond donors (Lipinski definition) is 3. The van der Waals surface area contributed by atoms with E-state index in [9.17, 15) is 9.18 Å². The first-order chi connectivity index (χ1) is 14.0. The quantitative estimate of drug-likeness (QED) is 0.659. The maximum atomic E-state index is 13.3. The lowest BCUT2D eigenvalue weighted by Crippen LogP contribution is -3.29. The summed E-state index contributed by atoms with van der Waals surface area (Å²) < 4.78 is 24.1. The zero-order valence-corrected chi connectivity index (χ0v) is 17.0. The average Bonchev–Trinajstić information content (AvgIpc) is 3.18. The van der Waals surface area contributed by atoms with Gasteiger partial charge in [-0.25, -0.2) is 4.39 Å². The van der Waals surface area contributed by atoms with Crippen LogP contribution in [0.3, 0.4) is 0 Å². The Morgan fingerprint density at radius 2 is 1.90 bits per heavy atom. The van der Waals surface area contributed by atoms with E-state index in [0.717, 1.165) is 44.2 Å². The molecule has 3 N–H and O–H groups in total. The molecule has 2 heterocycles. The molecule has 0 unspecified atom stereocenters. The van der Waals surface area contributed by atoms with Crippen LogP contribution in [0.4, 0.5) is 10.1 Å². The van der Waals surface area contributed by atoms with Crippen LogP contribution in [0.25, 0.3) is 0 Å². The van der Waals surface area contributed by atoms with Gasteiger partial charge in [0.2, 0.25) is 6.79 Å². The van der Waals surface area contributed by atoms with Crippen molar-refractivity contribution < 1.29 is 28.5 Å². The van der Waals surface area contributed by atoms with Gasteiger partial charge >= 0.3 is 0 Å². The molecule has 0 spiro atoms. The lowest BCUT2D eigenvalue weighted by Gasteiger charge is -2.32. The number of nitrogens with one attached hydrogen (secondary N) is 3. The average molecular weight is 422 g/mol. The second-order valence-electron chi connectivity index (χ2n) is 7.61. The highest BCUT2D eigenvalue weighted by Gasteiger charge is 2.31. The zero-order chi connectivity index (χ0) is 20.4. The molecule has 29 heavy (non-hydrogen) atoms. The second-order valence-corrected chi connectivity index (χ2v) is 8.02. The molecule has 4 rings (SSSR count). The van der Waals surface area contributed by atoms with Crippen LogP contribution in [0.5, 0.6) is 11.5 Å². The Morgan fingerprint density at radius 3 is 2.66 bits per heavy atom. The third-order valence-electron chi connectivity index (χ3n) is 5.68. The molecular weight excluding hydrogens is 397 g/mol. The van der Waals surface area contributed by atoms with Gasteiger partial charge in [-0.15, -0.1) is 0 Å². The van der Waals surface area contributed by atoms with E-state index in [4.69, 9.17) is 21.1 Å². The molecule has 0 aliphatic carbocycles. The van der Waals surface area contributed by atoms with Crippen molar-refractivity contribution in [3.05, 3.63) is 52.8 Å². The number of hydrogen-bond acceptors (Lipinski definition) is 3. The van der Waals surface area contributed by atoms with E-state index in [0.29, 0.717) is 5.69 Å². The number of benzene rings is 2. The van der Waals surface area contributed by atoms with Gasteiger partial charge in [0.15, 0.2) is 17.5 Å². The highest BCUT2D eigenvalue weighted by atomic mass is 35.5. The van der Waals surface area contributed by atoms with Crippen LogP contribution < -0.4 is 24.6 Å². The van der Waals surface area contributed by atoms with Crippen molar-refractivity contribution in [3.63, 3.8) is 0 Å². The van der Waals surface area contributed by atoms with Gasteiger partial charge in [-0.2, -0.15) is 0 Å². The summed E-state index contributed by atoms with van der Waals surface area (Å²) in [6.45, 7) is 6.96. The van der Waals surface area contributed by atoms with Crippen LogP contribution in [0.2, 0.25) is 5.02 Å². The normalized spacial score (nSPS) is 21.6. The molecule has 0 bridgehead atoms. The summed E-state index contributed by atoms with van der Waals surface area (Å²) in [7, 11) is 0. The maximum absolute atomic E-state index is 13.3. The summed E-state index contributed by atoms with van der Waals surface area (Å²) >= 11 is 5.79. The van der Waals surface area contributed by atoms with E-state index in [1.54, 1.807) is 0 Å². The van der Waals surface area contributed by atoms with Crippen LogP contribution in [0.15, 0.2) is 36.4 Å². The van der Waals surface area contributed by atoms with E-state index in [2.05, 4.69) is 17.4 Å². The first-order valence-electron chi connectivity index (χ1n) is 9.82. The summed E-state index contributed by atoms with van der Waals surface area (Å²) in [5, 5.41) is 2.84. The highest BCUT2D eigenvalue weighted by Crippen LogP contribution is 2.32. The van der Waals surface area contributed by atoms with Gasteiger partial charge in [0, 0.05) is 11.3 Å². The van der Waals surface area contributed by atoms with Gasteiger partial charge in [-0.3, -0.25) is 4.79 Å². The van der Waals surface area contributed by atoms with Gasteiger partial charge in [0.1, 0.15) is 38.5 Å². The largest absolute Gasteiger partial charge is 0.454 e. The summed E-state index contributed by atoms with van der Waals surface area (Å²) in [5.74, 6) is 1.05. The Bertz CT molecular complexity index is 903. The molecule has 0 aromatic heterocycles. The number of carbonyl (C=O) groups excluding carboxylic acids is 1. The Morgan fingerprint density at radius 1 is 1.14 bits per heavy atom. The fraction of sp³-hybridized carbons (Fsp3) is 0.381. The van der Waals surface area contributed by atoms with E-state index in [1.807, 2.05) is 13.0 Å². The smallest absolute Gasteiger partial charge is 0.282 e. The minimum absolute atomic E-state index is 0.00327. The summed E-state index contributed by atoms with van der Waals surface area (Å²) in [6, 6.07) is 10.1. The number of fused-ring (bicyclic) bond motifs is 1. The van der Waals surface area contributed by atoms with Crippen molar-refractivity contribution in [1.82, 2.24) is 0 Å². The van der Waals surface area contributed by atoms with Crippen molar-refractivity contribution in [2.24, 2.45) is 0 Å². The summed E-state index contributed by atoms with van der Waals surface area (Å²) in [6.07, 6.45) is 0. The standard InChI is InChI=1S/C21H23ClFN3O3/c1-14(21(27)24-16-3-4-18(23)17(22)11-16)26-8-6-25(7-9-26)12-15-2-5-19-20(10-15)29-13-28-19/h2-5,10-11,14H,6-9,12-13H2,1H3,(H,24,27)/p+2/t14-/m0/s1. The highest BCUT2D eigenvalue weighted by molar-refractivity contribution is 6.31. The Labute approximate surface area is 174 Å². The lowest BCUT2D eigenvalue weighted by atomic mass is 10.1. The molecule has 0 radical (unpaired) electrons. The van der Waals surface area contributed by atoms with Crippen LogP contribution in [-0.4, -0.2) is 44.9 Å². The van der Waals surface area contributed by atoms with Crippen molar-refractivity contribution in [2.45, 2.75) is 19.5 Å². The zero-order valence-electron chi connectivity index (χ0n) is 16.3. The third kappa shape index (κ3) is 4.63. The van der Waals surface area contributed by atoms with Crippen LogP contribution in [0.1, 0.15) is 12.5 Å². The predicted octanol–water partition coefficient (Wildman–Crippen LogP) is 0.518. The molecule has 6 nitrogen and oxygen atoms in total. The number of quaternary nitrogens is 2. The van der Waals surface area contributed by atoms with Gasteiger partial charge in [-0.05, 0) is 43.3 Å². The fourth-order valence-corrected chi connectivity index (χ4v) is 4.06. The van der Waals surface area contributed by atoms with Crippen molar-refractivity contribution in [1.29, 1.82) is 0 Å². The number of anilines is 1. The molecule has 1 amide bonds. The second kappa shape index (κ2) is 8.57. The van der Waals surface area contributed by atoms with Gasteiger partial charge < -0.3 is 24.6 Å². The Kier molecular flexibility index (Phi) is 5.89. The minimum atomic E-state index is -0.495. The minimum Gasteiger partial charge on any atom is -0.454 e. The lowest BCUT2D eigenvalue weighted by molar-refractivity contribution is -1.02. The number of piperazine rings is 1. The van der Waals surface area contributed by atoms with Crippen LogP contribution in [-0.2, 0) is 11.3 Å². The molecular formula is C21H25ClFN3O3+2. The maximum Gasteiger partial charge on any atom is 0.282 e. The Hall–Kier alpha value is -2.35. The van der Waals surface area contributed by atoms with Gasteiger partial charge in [0.25, 0.3) is 5.91 Å². The molecule has 2 aliphatic heterocycles.